The number of rotatable bonds is 4. The lowest BCUT2D eigenvalue weighted by atomic mass is 9.83. The molecule has 25 heavy (non-hydrogen) atoms. The first-order valence-electron chi connectivity index (χ1n) is 8.02. The van der Waals surface area contributed by atoms with Crippen molar-refractivity contribution in [2.75, 3.05) is 13.6 Å². The van der Waals surface area contributed by atoms with Gasteiger partial charge in [0.25, 0.3) is 0 Å². The number of ketones is 1. The van der Waals surface area contributed by atoms with E-state index in [0.717, 1.165) is 5.56 Å². The molecule has 1 heterocycles. The highest BCUT2D eigenvalue weighted by molar-refractivity contribution is 6.04. The predicted molar refractivity (Wildman–Crippen MR) is 90.1 cm³/mol. The summed E-state index contributed by atoms with van der Waals surface area (Å²) in [5.74, 6) is -2.07. The van der Waals surface area contributed by atoms with E-state index in [1.165, 1.54) is 11.0 Å². The van der Waals surface area contributed by atoms with Crippen molar-refractivity contribution in [1.82, 2.24) is 4.90 Å². The molecule has 0 bridgehead atoms. The molecule has 0 aliphatic carbocycles. The molecule has 0 radical (unpaired) electrons. The third-order valence-electron chi connectivity index (χ3n) is 4.65. The lowest BCUT2D eigenvalue weighted by Gasteiger charge is -2.16. The number of carbonyl (C=O) groups is 2. The maximum Gasteiger partial charge on any atom is 0.233 e. The SMILES string of the molecule is CN1C[C@H](c2ccc(C#N)cc2)[C@@H](C(=O)Cc2ccccc2F)C1=O. The van der Waals surface area contributed by atoms with E-state index < -0.39 is 11.7 Å². The molecule has 126 valence electrons. The van der Waals surface area contributed by atoms with Gasteiger partial charge in [-0.3, -0.25) is 9.59 Å². The van der Waals surface area contributed by atoms with Crippen molar-refractivity contribution in [3.05, 3.63) is 71.0 Å². The van der Waals surface area contributed by atoms with Gasteiger partial charge in [0.2, 0.25) is 5.91 Å². The number of amides is 1. The van der Waals surface area contributed by atoms with E-state index >= 15 is 0 Å². The number of likely N-dealkylation sites (N-methyl/N-ethyl adjacent to an activating group) is 1. The van der Waals surface area contributed by atoms with E-state index in [1.807, 2.05) is 6.07 Å². The normalized spacial score (nSPS) is 19.7. The zero-order valence-corrected chi connectivity index (χ0v) is 13.8. The Balaban J connectivity index is 1.88. The fraction of sp³-hybridized carbons (Fsp3) is 0.250. The van der Waals surface area contributed by atoms with Crippen molar-refractivity contribution in [2.24, 2.45) is 5.92 Å². The molecule has 4 nitrogen and oxygen atoms in total. The van der Waals surface area contributed by atoms with Gasteiger partial charge in [-0.2, -0.15) is 5.26 Å². The standard InChI is InChI=1S/C20H17FN2O2/c1-23-12-16(14-8-6-13(11-22)7-9-14)19(20(23)25)18(24)10-15-4-2-3-5-17(15)21/h2-9,16,19H,10,12H2,1H3/t16-,19+/m1/s1. The Morgan fingerprint density at radius 1 is 1.24 bits per heavy atom. The van der Waals surface area contributed by atoms with Crippen LogP contribution in [0, 0.1) is 23.1 Å². The molecule has 1 fully saturated rings. The summed E-state index contributed by atoms with van der Waals surface area (Å²) in [4.78, 5) is 26.8. The Morgan fingerprint density at radius 3 is 2.56 bits per heavy atom. The van der Waals surface area contributed by atoms with E-state index in [4.69, 9.17) is 5.26 Å². The Labute approximate surface area is 145 Å². The molecule has 1 saturated heterocycles. The molecule has 2 aromatic rings. The highest BCUT2D eigenvalue weighted by Crippen LogP contribution is 2.34. The average Bonchev–Trinajstić information content (AvgIpc) is 2.92. The number of hydrogen-bond donors (Lipinski definition) is 0. The first-order valence-corrected chi connectivity index (χ1v) is 8.02. The number of Topliss-reactive ketones (excluding diaryl/α,β-unsaturated/α-hetero) is 1. The second-order valence-electron chi connectivity index (χ2n) is 6.27. The van der Waals surface area contributed by atoms with Crippen LogP contribution in [0.3, 0.4) is 0 Å². The second-order valence-corrected chi connectivity index (χ2v) is 6.27. The molecule has 1 aliphatic heterocycles. The summed E-state index contributed by atoms with van der Waals surface area (Å²) in [5, 5.41) is 8.91. The molecule has 0 saturated carbocycles. The van der Waals surface area contributed by atoms with Gasteiger partial charge in [-0.05, 0) is 29.3 Å². The molecule has 0 spiro atoms. The van der Waals surface area contributed by atoms with Crippen molar-refractivity contribution in [3.63, 3.8) is 0 Å². The van der Waals surface area contributed by atoms with E-state index in [-0.39, 0.29) is 24.0 Å². The molecule has 0 unspecified atom stereocenters. The van der Waals surface area contributed by atoms with Gasteiger partial charge in [0.1, 0.15) is 17.5 Å². The van der Waals surface area contributed by atoms with Gasteiger partial charge in [-0.25, -0.2) is 4.39 Å². The van der Waals surface area contributed by atoms with Gasteiger partial charge >= 0.3 is 0 Å². The number of nitriles is 1. The Hall–Kier alpha value is -3.00. The maximum atomic E-state index is 13.8. The van der Waals surface area contributed by atoms with Crippen LogP contribution in [0.2, 0.25) is 0 Å². The number of benzene rings is 2. The van der Waals surface area contributed by atoms with Crippen LogP contribution in [-0.2, 0) is 16.0 Å². The van der Waals surface area contributed by atoms with Crippen LogP contribution in [0.15, 0.2) is 48.5 Å². The molecule has 3 rings (SSSR count). The first-order chi connectivity index (χ1) is 12.0. The zero-order chi connectivity index (χ0) is 18.0. The monoisotopic (exact) mass is 336 g/mol. The van der Waals surface area contributed by atoms with E-state index in [2.05, 4.69) is 0 Å². The summed E-state index contributed by atoms with van der Waals surface area (Å²) in [6.07, 6.45) is -0.107. The van der Waals surface area contributed by atoms with Crippen LogP contribution in [0.5, 0.6) is 0 Å². The molecular formula is C20H17FN2O2. The maximum absolute atomic E-state index is 13.8. The summed E-state index contributed by atoms with van der Waals surface area (Å²) >= 11 is 0. The number of carbonyl (C=O) groups excluding carboxylic acids is 2. The van der Waals surface area contributed by atoms with E-state index in [1.54, 1.807) is 49.5 Å². The fourth-order valence-corrected chi connectivity index (χ4v) is 3.30. The number of halogens is 1. The van der Waals surface area contributed by atoms with Crippen LogP contribution in [0.4, 0.5) is 4.39 Å². The van der Waals surface area contributed by atoms with Gasteiger partial charge in [0.15, 0.2) is 0 Å². The van der Waals surface area contributed by atoms with Crippen LogP contribution in [0.25, 0.3) is 0 Å². The van der Waals surface area contributed by atoms with Crippen molar-refractivity contribution in [1.29, 1.82) is 5.26 Å². The molecule has 0 N–H and O–H groups in total. The molecular weight excluding hydrogens is 319 g/mol. The highest BCUT2D eigenvalue weighted by Gasteiger charge is 2.43. The molecule has 1 amide bonds. The zero-order valence-electron chi connectivity index (χ0n) is 13.8. The van der Waals surface area contributed by atoms with Crippen LogP contribution in [0.1, 0.15) is 22.6 Å². The smallest absolute Gasteiger partial charge is 0.233 e. The predicted octanol–water partition coefficient (Wildman–Crippen LogP) is 2.68. The van der Waals surface area contributed by atoms with Gasteiger partial charge < -0.3 is 4.90 Å². The van der Waals surface area contributed by atoms with Crippen LogP contribution in [-0.4, -0.2) is 30.2 Å². The topological polar surface area (TPSA) is 61.2 Å². The third-order valence-corrected chi connectivity index (χ3v) is 4.65. The number of hydrogen-bond acceptors (Lipinski definition) is 3. The fourth-order valence-electron chi connectivity index (χ4n) is 3.30. The number of nitrogens with zero attached hydrogens (tertiary/aromatic N) is 2. The molecule has 0 aromatic heterocycles. The summed E-state index contributed by atoms with van der Waals surface area (Å²) < 4.78 is 13.8. The van der Waals surface area contributed by atoms with Crippen LogP contribution >= 0.6 is 0 Å². The average molecular weight is 336 g/mol. The Kier molecular flexibility index (Phi) is 4.62. The first kappa shape index (κ1) is 16.8. The lowest BCUT2D eigenvalue weighted by Crippen LogP contribution is -2.29. The number of likely N-dealkylation sites (tertiary alicyclic amines) is 1. The minimum absolute atomic E-state index is 0.107. The molecule has 1 aliphatic rings. The van der Waals surface area contributed by atoms with Gasteiger partial charge in [0, 0.05) is 25.9 Å². The third kappa shape index (κ3) is 3.29. The summed E-state index contributed by atoms with van der Waals surface area (Å²) in [5.41, 5.74) is 1.66. The van der Waals surface area contributed by atoms with Crippen molar-refractivity contribution < 1.29 is 14.0 Å². The van der Waals surface area contributed by atoms with E-state index in [9.17, 15) is 14.0 Å². The summed E-state index contributed by atoms with van der Waals surface area (Å²) in [6.45, 7) is 0.429. The second kappa shape index (κ2) is 6.86. The minimum atomic E-state index is -0.822. The Morgan fingerprint density at radius 2 is 1.92 bits per heavy atom. The molecule has 2 aromatic carbocycles. The molecule has 5 heteroatoms. The van der Waals surface area contributed by atoms with Crippen molar-refractivity contribution in [2.45, 2.75) is 12.3 Å². The van der Waals surface area contributed by atoms with Gasteiger partial charge in [-0.15, -0.1) is 0 Å². The highest BCUT2D eigenvalue weighted by atomic mass is 19.1. The van der Waals surface area contributed by atoms with E-state index in [0.29, 0.717) is 17.7 Å². The Bertz CT molecular complexity index is 855. The lowest BCUT2D eigenvalue weighted by molar-refractivity contribution is -0.136. The van der Waals surface area contributed by atoms with Gasteiger partial charge in [-0.1, -0.05) is 30.3 Å². The molecule has 2 atom stereocenters. The van der Waals surface area contributed by atoms with Crippen molar-refractivity contribution in [3.8, 4) is 6.07 Å². The quantitative estimate of drug-likeness (QED) is 0.807. The minimum Gasteiger partial charge on any atom is -0.344 e. The summed E-state index contributed by atoms with van der Waals surface area (Å²) in [6, 6.07) is 15.1. The largest absolute Gasteiger partial charge is 0.344 e. The summed E-state index contributed by atoms with van der Waals surface area (Å²) in [7, 11) is 1.66. The van der Waals surface area contributed by atoms with Gasteiger partial charge in [0.05, 0.1) is 11.6 Å². The van der Waals surface area contributed by atoms with Crippen LogP contribution < -0.4 is 0 Å². The van der Waals surface area contributed by atoms with Crippen molar-refractivity contribution >= 4 is 11.7 Å².